The van der Waals surface area contributed by atoms with Crippen molar-refractivity contribution < 1.29 is 14.3 Å². The molecule has 0 spiro atoms. The van der Waals surface area contributed by atoms with Crippen molar-refractivity contribution in [3.8, 4) is 0 Å². The number of unbranched alkanes of at least 4 members (excludes halogenated alkanes) is 2. The van der Waals surface area contributed by atoms with Gasteiger partial charge >= 0.3 is 5.97 Å². The zero-order valence-corrected chi connectivity index (χ0v) is 13.4. The lowest BCUT2D eigenvalue weighted by molar-refractivity contribution is -0.140. The molecule has 2 atom stereocenters. The minimum absolute atomic E-state index is 0.101. The first-order valence-corrected chi connectivity index (χ1v) is 7.57. The highest BCUT2D eigenvalue weighted by molar-refractivity contribution is 5.68. The first kappa shape index (κ1) is 17.4. The molecule has 20 heavy (non-hydrogen) atoms. The summed E-state index contributed by atoms with van der Waals surface area (Å²) in [6, 6.07) is 0.524. The molecule has 0 aliphatic carbocycles. The number of carbonyl (C=O) groups is 1. The molecule has 0 saturated carbocycles. The van der Waals surface area contributed by atoms with Gasteiger partial charge in [-0.25, -0.2) is 0 Å². The van der Waals surface area contributed by atoms with Crippen LogP contribution in [-0.4, -0.2) is 75.9 Å². The van der Waals surface area contributed by atoms with Crippen molar-refractivity contribution in [1.82, 2.24) is 9.80 Å². The number of likely N-dealkylation sites (N-methyl/N-ethyl adjacent to an activating group) is 1. The first-order chi connectivity index (χ1) is 9.58. The average molecular weight is 286 g/mol. The van der Waals surface area contributed by atoms with Crippen molar-refractivity contribution in [2.75, 3.05) is 47.9 Å². The number of hydrogen-bond acceptors (Lipinski definition) is 5. The fourth-order valence-corrected chi connectivity index (χ4v) is 2.88. The molecule has 1 heterocycles. The van der Waals surface area contributed by atoms with Crippen LogP contribution in [0.1, 0.15) is 32.1 Å². The maximum atomic E-state index is 11.0. The summed E-state index contributed by atoms with van der Waals surface area (Å²) in [4.78, 5) is 15.7. The molecule has 5 heteroatoms. The third kappa shape index (κ3) is 5.77. The van der Waals surface area contributed by atoms with Gasteiger partial charge in [0.05, 0.1) is 13.2 Å². The Hall–Kier alpha value is -0.650. The lowest BCUT2D eigenvalue weighted by atomic mass is 10.0. The predicted octanol–water partition coefficient (Wildman–Crippen LogP) is 1.37. The van der Waals surface area contributed by atoms with Crippen molar-refractivity contribution in [3.05, 3.63) is 0 Å². The Balaban J connectivity index is 2.18. The highest BCUT2D eigenvalue weighted by Crippen LogP contribution is 2.18. The van der Waals surface area contributed by atoms with Gasteiger partial charge in [-0.3, -0.25) is 4.79 Å². The quantitative estimate of drug-likeness (QED) is 0.498. The van der Waals surface area contributed by atoms with Crippen molar-refractivity contribution in [1.29, 1.82) is 0 Å². The lowest BCUT2D eigenvalue weighted by Crippen LogP contribution is -2.53. The molecule has 0 aromatic rings. The third-order valence-corrected chi connectivity index (χ3v) is 4.16. The zero-order valence-electron chi connectivity index (χ0n) is 13.4. The number of ether oxygens (including phenoxy) is 2. The Morgan fingerprint density at radius 1 is 1.25 bits per heavy atom. The number of piperidine rings is 1. The maximum absolute atomic E-state index is 11.0. The number of nitrogens with zero attached hydrogens (tertiary/aromatic N) is 2. The highest BCUT2D eigenvalue weighted by atomic mass is 16.5. The summed E-state index contributed by atoms with van der Waals surface area (Å²) in [5.41, 5.74) is 0. The smallest absolute Gasteiger partial charge is 0.305 e. The van der Waals surface area contributed by atoms with Gasteiger partial charge < -0.3 is 19.3 Å². The van der Waals surface area contributed by atoms with E-state index in [4.69, 9.17) is 4.74 Å². The molecule has 1 aliphatic heterocycles. The van der Waals surface area contributed by atoms with Crippen LogP contribution in [0.5, 0.6) is 0 Å². The molecule has 0 N–H and O–H groups in total. The van der Waals surface area contributed by atoms with Crippen LogP contribution in [0.25, 0.3) is 0 Å². The fraction of sp³-hybridized carbons (Fsp3) is 0.933. The molecule has 0 radical (unpaired) electrons. The Morgan fingerprint density at radius 2 is 2.00 bits per heavy atom. The summed E-state index contributed by atoms with van der Waals surface area (Å²) in [6.07, 6.45) is 5.15. The second-order valence-corrected chi connectivity index (χ2v) is 5.78. The summed E-state index contributed by atoms with van der Waals surface area (Å²) >= 11 is 0. The van der Waals surface area contributed by atoms with E-state index in [1.807, 2.05) is 0 Å². The molecule has 0 bridgehead atoms. The molecule has 0 unspecified atom stereocenters. The number of methoxy groups -OCH3 is 2. The topological polar surface area (TPSA) is 42.0 Å². The zero-order chi connectivity index (χ0) is 15.0. The predicted molar refractivity (Wildman–Crippen MR) is 79.8 cm³/mol. The first-order valence-electron chi connectivity index (χ1n) is 7.57. The van der Waals surface area contributed by atoms with E-state index < -0.39 is 0 Å². The van der Waals surface area contributed by atoms with Crippen LogP contribution in [-0.2, 0) is 14.3 Å². The van der Waals surface area contributed by atoms with Crippen molar-refractivity contribution in [2.24, 2.45) is 0 Å². The molecule has 0 amide bonds. The number of rotatable bonds is 8. The molecule has 118 valence electrons. The van der Waals surface area contributed by atoms with Gasteiger partial charge in [-0.1, -0.05) is 6.42 Å². The van der Waals surface area contributed by atoms with E-state index in [0.717, 1.165) is 45.3 Å². The molecule has 1 fully saturated rings. The lowest BCUT2D eigenvalue weighted by Gasteiger charge is -2.40. The Bertz CT molecular complexity index is 284. The third-order valence-electron chi connectivity index (χ3n) is 4.16. The van der Waals surface area contributed by atoms with E-state index in [1.54, 1.807) is 7.11 Å². The van der Waals surface area contributed by atoms with Crippen molar-refractivity contribution in [2.45, 2.75) is 44.2 Å². The number of hydrogen-bond donors (Lipinski definition) is 0. The van der Waals surface area contributed by atoms with E-state index in [9.17, 15) is 4.79 Å². The Kier molecular flexibility index (Phi) is 8.11. The van der Waals surface area contributed by atoms with Gasteiger partial charge in [0.25, 0.3) is 0 Å². The monoisotopic (exact) mass is 286 g/mol. The van der Waals surface area contributed by atoms with Gasteiger partial charge in [-0.05, 0) is 46.4 Å². The average Bonchev–Trinajstić information content (AvgIpc) is 2.46. The molecule has 0 aromatic carbocycles. The highest BCUT2D eigenvalue weighted by Gasteiger charge is 2.30. The Labute approximate surface area is 123 Å². The van der Waals surface area contributed by atoms with Gasteiger partial charge in [-0.15, -0.1) is 0 Å². The largest absolute Gasteiger partial charge is 0.469 e. The second kappa shape index (κ2) is 9.32. The fourth-order valence-electron chi connectivity index (χ4n) is 2.88. The summed E-state index contributed by atoms with van der Waals surface area (Å²) in [6.45, 7) is 3.25. The van der Waals surface area contributed by atoms with Gasteiger partial charge in [0, 0.05) is 26.1 Å². The van der Waals surface area contributed by atoms with E-state index in [-0.39, 0.29) is 5.97 Å². The van der Waals surface area contributed by atoms with Crippen molar-refractivity contribution in [3.63, 3.8) is 0 Å². The molecule has 5 nitrogen and oxygen atoms in total. The normalized spacial score (nSPS) is 24.1. The van der Waals surface area contributed by atoms with Crippen LogP contribution in [0.2, 0.25) is 0 Å². The van der Waals surface area contributed by atoms with Gasteiger partial charge in [-0.2, -0.15) is 0 Å². The SMILES string of the molecule is COC(=O)CCCCCN1CC[C@@H](N(C)C)[C@@H](OC)C1. The molecule has 0 aromatic heterocycles. The minimum Gasteiger partial charge on any atom is -0.469 e. The van der Waals surface area contributed by atoms with E-state index in [1.165, 1.54) is 7.11 Å². The summed E-state index contributed by atoms with van der Waals surface area (Å²) < 4.78 is 10.3. The summed E-state index contributed by atoms with van der Waals surface area (Å²) in [7, 11) is 7.50. The van der Waals surface area contributed by atoms with Crippen molar-refractivity contribution >= 4 is 5.97 Å². The number of esters is 1. The van der Waals surface area contributed by atoms with E-state index >= 15 is 0 Å². The standard InChI is InChI=1S/C15H30N2O3/c1-16(2)13-9-11-17(12-14(13)19-3)10-7-5-6-8-15(18)20-4/h13-14H,5-12H2,1-4H3/t13-,14+/m1/s1. The molecule has 1 aliphatic rings. The minimum atomic E-state index is -0.101. The van der Waals surface area contributed by atoms with Gasteiger partial charge in [0.2, 0.25) is 0 Å². The van der Waals surface area contributed by atoms with Crippen LogP contribution >= 0.6 is 0 Å². The summed E-state index contributed by atoms with van der Waals surface area (Å²) in [5, 5.41) is 0. The second-order valence-electron chi connectivity index (χ2n) is 5.78. The Morgan fingerprint density at radius 3 is 2.60 bits per heavy atom. The molecule has 1 rings (SSSR count). The van der Waals surface area contributed by atoms with E-state index in [2.05, 4.69) is 28.6 Å². The molecular weight excluding hydrogens is 256 g/mol. The molecular formula is C15H30N2O3. The van der Waals surface area contributed by atoms with Gasteiger partial charge in [0.15, 0.2) is 0 Å². The number of likely N-dealkylation sites (tertiary alicyclic amines) is 1. The van der Waals surface area contributed by atoms with Crippen LogP contribution < -0.4 is 0 Å². The number of carbonyl (C=O) groups excluding carboxylic acids is 1. The van der Waals surface area contributed by atoms with Crippen LogP contribution in [0.15, 0.2) is 0 Å². The maximum Gasteiger partial charge on any atom is 0.305 e. The van der Waals surface area contributed by atoms with Crippen LogP contribution in [0.3, 0.4) is 0 Å². The van der Waals surface area contributed by atoms with Crippen LogP contribution in [0.4, 0.5) is 0 Å². The van der Waals surface area contributed by atoms with Gasteiger partial charge in [0.1, 0.15) is 0 Å². The summed E-state index contributed by atoms with van der Waals surface area (Å²) in [5.74, 6) is -0.101. The molecule has 1 saturated heterocycles. The van der Waals surface area contributed by atoms with E-state index in [0.29, 0.717) is 18.6 Å². The van der Waals surface area contributed by atoms with Crippen LogP contribution in [0, 0.1) is 0 Å².